The molecule has 7 heteroatoms. The zero-order valence-electron chi connectivity index (χ0n) is 10.1. The van der Waals surface area contributed by atoms with Crippen molar-refractivity contribution in [2.24, 2.45) is 0 Å². The highest BCUT2D eigenvalue weighted by molar-refractivity contribution is 7.80. The van der Waals surface area contributed by atoms with Crippen LogP contribution in [0.3, 0.4) is 0 Å². The summed E-state index contributed by atoms with van der Waals surface area (Å²) < 4.78 is 5.29. The number of thiocarbonyl (C=S) groups is 1. The van der Waals surface area contributed by atoms with E-state index in [0.29, 0.717) is 10.9 Å². The number of hydrogen-bond acceptors (Lipinski definition) is 5. The molecule has 1 aromatic rings. The van der Waals surface area contributed by atoms with E-state index >= 15 is 0 Å². The minimum absolute atomic E-state index is 0.573. The molecular formula is C11H17N5OS. The van der Waals surface area contributed by atoms with Crippen molar-refractivity contribution in [1.29, 1.82) is 0 Å². The molecule has 1 saturated heterocycles. The van der Waals surface area contributed by atoms with Gasteiger partial charge in [-0.25, -0.2) is 4.98 Å². The Morgan fingerprint density at radius 2 is 2.22 bits per heavy atom. The lowest BCUT2D eigenvalue weighted by molar-refractivity contribution is 0.0389. The van der Waals surface area contributed by atoms with Gasteiger partial charge < -0.3 is 15.4 Å². The van der Waals surface area contributed by atoms with Gasteiger partial charge in [0.15, 0.2) is 10.9 Å². The molecule has 0 bridgehead atoms. The summed E-state index contributed by atoms with van der Waals surface area (Å²) in [5.74, 6) is 0.654. The van der Waals surface area contributed by atoms with Crippen LogP contribution in [0.25, 0.3) is 0 Å². The largest absolute Gasteiger partial charge is 0.379 e. The van der Waals surface area contributed by atoms with Crippen LogP contribution in [0.5, 0.6) is 0 Å². The molecule has 0 atom stereocenters. The second-order valence-electron chi connectivity index (χ2n) is 3.93. The van der Waals surface area contributed by atoms with Gasteiger partial charge in [0.25, 0.3) is 0 Å². The SMILES string of the molecule is S=C(NCCN1CCOCC1)Nc1cnccn1. The molecule has 18 heavy (non-hydrogen) atoms. The van der Waals surface area contributed by atoms with Crippen molar-refractivity contribution < 1.29 is 4.74 Å². The van der Waals surface area contributed by atoms with Crippen molar-refractivity contribution in [2.45, 2.75) is 0 Å². The van der Waals surface area contributed by atoms with Crippen molar-refractivity contribution in [2.75, 3.05) is 44.7 Å². The maximum Gasteiger partial charge on any atom is 0.172 e. The summed E-state index contributed by atoms with van der Waals surface area (Å²) in [5, 5.41) is 6.70. The predicted octanol–water partition coefficient (Wildman–Crippen LogP) is 0.0952. The van der Waals surface area contributed by atoms with Crippen LogP contribution in [0.2, 0.25) is 0 Å². The minimum atomic E-state index is 0.573. The van der Waals surface area contributed by atoms with E-state index in [0.717, 1.165) is 39.4 Å². The highest BCUT2D eigenvalue weighted by atomic mass is 32.1. The highest BCUT2D eigenvalue weighted by Gasteiger charge is 2.09. The van der Waals surface area contributed by atoms with E-state index in [2.05, 4.69) is 25.5 Å². The van der Waals surface area contributed by atoms with E-state index in [1.807, 2.05) is 0 Å². The zero-order valence-corrected chi connectivity index (χ0v) is 10.9. The quantitative estimate of drug-likeness (QED) is 0.750. The number of ether oxygens (including phenoxy) is 1. The monoisotopic (exact) mass is 267 g/mol. The normalized spacial score (nSPS) is 16.2. The summed E-state index contributed by atoms with van der Waals surface area (Å²) in [5.41, 5.74) is 0. The van der Waals surface area contributed by atoms with Gasteiger partial charge in [-0.2, -0.15) is 0 Å². The van der Waals surface area contributed by atoms with Crippen LogP contribution in [0, 0.1) is 0 Å². The van der Waals surface area contributed by atoms with Gasteiger partial charge in [0.2, 0.25) is 0 Å². The van der Waals surface area contributed by atoms with Crippen LogP contribution < -0.4 is 10.6 Å². The molecule has 0 unspecified atom stereocenters. The maximum absolute atomic E-state index is 5.29. The van der Waals surface area contributed by atoms with Gasteiger partial charge >= 0.3 is 0 Å². The first-order valence-corrected chi connectivity index (χ1v) is 6.36. The molecule has 1 aliphatic heterocycles. The van der Waals surface area contributed by atoms with E-state index in [9.17, 15) is 0 Å². The summed E-state index contributed by atoms with van der Waals surface area (Å²) in [6, 6.07) is 0. The van der Waals surface area contributed by atoms with Gasteiger partial charge in [0.05, 0.1) is 19.4 Å². The van der Waals surface area contributed by atoms with Gasteiger partial charge in [-0.05, 0) is 12.2 Å². The Hall–Kier alpha value is -1.31. The summed E-state index contributed by atoms with van der Waals surface area (Å²) >= 11 is 5.17. The number of hydrogen-bond donors (Lipinski definition) is 2. The summed E-state index contributed by atoms with van der Waals surface area (Å²) in [6.45, 7) is 5.40. The number of nitrogens with one attached hydrogen (secondary N) is 2. The van der Waals surface area contributed by atoms with Crippen LogP contribution in [0.15, 0.2) is 18.6 Å². The Morgan fingerprint density at radius 3 is 2.94 bits per heavy atom. The van der Waals surface area contributed by atoms with E-state index < -0.39 is 0 Å². The Bertz CT molecular complexity index is 369. The number of aromatic nitrogens is 2. The van der Waals surface area contributed by atoms with Crippen molar-refractivity contribution >= 4 is 23.1 Å². The molecule has 6 nitrogen and oxygen atoms in total. The van der Waals surface area contributed by atoms with E-state index in [4.69, 9.17) is 17.0 Å². The third-order valence-electron chi connectivity index (χ3n) is 2.62. The third kappa shape index (κ3) is 4.52. The molecule has 2 heterocycles. The lowest BCUT2D eigenvalue weighted by Crippen LogP contribution is -2.42. The number of anilines is 1. The smallest absolute Gasteiger partial charge is 0.172 e. The van der Waals surface area contributed by atoms with Crippen molar-refractivity contribution in [3.05, 3.63) is 18.6 Å². The first kappa shape index (κ1) is 13.1. The highest BCUT2D eigenvalue weighted by Crippen LogP contribution is 1.97. The lowest BCUT2D eigenvalue weighted by Gasteiger charge is -2.26. The summed E-state index contributed by atoms with van der Waals surface area (Å²) in [6.07, 6.45) is 4.88. The van der Waals surface area contributed by atoms with Crippen molar-refractivity contribution in [1.82, 2.24) is 20.2 Å². The summed E-state index contributed by atoms with van der Waals surface area (Å²) in [4.78, 5) is 10.4. The van der Waals surface area contributed by atoms with Crippen LogP contribution >= 0.6 is 12.2 Å². The summed E-state index contributed by atoms with van der Waals surface area (Å²) in [7, 11) is 0. The van der Waals surface area contributed by atoms with Crippen molar-refractivity contribution in [3.63, 3.8) is 0 Å². The molecule has 2 rings (SSSR count). The molecule has 1 aromatic heterocycles. The fourth-order valence-corrected chi connectivity index (χ4v) is 1.88. The molecule has 2 N–H and O–H groups in total. The molecule has 0 radical (unpaired) electrons. The van der Waals surface area contributed by atoms with E-state index in [1.165, 1.54) is 0 Å². The molecule has 98 valence electrons. The first-order chi connectivity index (χ1) is 8.84. The average Bonchev–Trinajstić information content (AvgIpc) is 2.41. The average molecular weight is 267 g/mol. The maximum atomic E-state index is 5.29. The topological polar surface area (TPSA) is 62.3 Å². The molecule has 0 amide bonds. The van der Waals surface area contributed by atoms with Crippen LogP contribution in [-0.2, 0) is 4.74 Å². The van der Waals surface area contributed by atoms with Gasteiger partial charge in [-0.15, -0.1) is 0 Å². The fraction of sp³-hybridized carbons (Fsp3) is 0.545. The van der Waals surface area contributed by atoms with Crippen molar-refractivity contribution in [3.8, 4) is 0 Å². The first-order valence-electron chi connectivity index (χ1n) is 5.95. The van der Waals surface area contributed by atoms with Gasteiger partial charge in [-0.3, -0.25) is 9.88 Å². The van der Waals surface area contributed by atoms with Gasteiger partial charge in [-0.1, -0.05) is 0 Å². The molecule has 1 aliphatic rings. The standard InChI is InChI=1S/C11H17N5OS/c18-11(15-10-9-12-1-2-13-10)14-3-4-16-5-7-17-8-6-16/h1-2,9H,3-8H2,(H2,13,14,15,18). The van der Waals surface area contributed by atoms with Crippen LogP contribution in [0.1, 0.15) is 0 Å². The Kier molecular flexibility index (Phi) is 5.25. The predicted molar refractivity (Wildman–Crippen MR) is 73.5 cm³/mol. The van der Waals surface area contributed by atoms with Gasteiger partial charge in [0.1, 0.15) is 0 Å². The fourth-order valence-electron chi connectivity index (χ4n) is 1.68. The molecule has 0 saturated carbocycles. The molecule has 1 fully saturated rings. The lowest BCUT2D eigenvalue weighted by atomic mass is 10.4. The molecule has 0 aliphatic carbocycles. The number of rotatable bonds is 4. The minimum Gasteiger partial charge on any atom is -0.379 e. The Morgan fingerprint density at radius 1 is 1.39 bits per heavy atom. The second-order valence-corrected chi connectivity index (χ2v) is 4.33. The van der Waals surface area contributed by atoms with E-state index in [1.54, 1.807) is 18.6 Å². The van der Waals surface area contributed by atoms with Crippen LogP contribution in [0.4, 0.5) is 5.82 Å². The molecule has 0 spiro atoms. The van der Waals surface area contributed by atoms with Crippen LogP contribution in [-0.4, -0.2) is 59.4 Å². The Labute approximate surface area is 112 Å². The van der Waals surface area contributed by atoms with Gasteiger partial charge in [0, 0.05) is 38.6 Å². The zero-order chi connectivity index (χ0) is 12.6. The number of nitrogens with zero attached hydrogens (tertiary/aromatic N) is 3. The molecular weight excluding hydrogens is 250 g/mol. The Balaban J connectivity index is 1.62. The third-order valence-corrected chi connectivity index (χ3v) is 2.87. The number of morpholine rings is 1. The second kappa shape index (κ2) is 7.20. The van der Waals surface area contributed by atoms with E-state index in [-0.39, 0.29) is 0 Å². The molecule has 0 aromatic carbocycles.